The van der Waals surface area contributed by atoms with Crippen LogP contribution in [-0.2, 0) is 19.6 Å². The minimum Gasteiger partial charge on any atom is -0.375 e. The van der Waals surface area contributed by atoms with Crippen molar-refractivity contribution in [1.82, 2.24) is 10.0 Å². The number of carbonyl (C=O) groups is 1. The smallest absolute Gasteiger partial charge is 0.244 e. The third-order valence-corrected chi connectivity index (χ3v) is 4.69. The molecule has 0 radical (unpaired) electrons. The molecule has 1 heterocycles. The minimum atomic E-state index is -3.53. The van der Waals surface area contributed by atoms with E-state index >= 15 is 0 Å². The predicted molar refractivity (Wildman–Crippen MR) is 78.5 cm³/mol. The van der Waals surface area contributed by atoms with E-state index in [0.29, 0.717) is 18.8 Å². The molecule has 1 saturated heterocycles. The molecule has 8 heteroatoms. The van der Waals surface area contributed by atoms with Crippen LogP contribution in [0.25, 0.3) is 0 Å². The van der Waals surface area contributed by atoms with Gasteiger partial charge in [0.05, 0.1) is 17.6 Å². The van der Waals surface area contributed by atoms with E-state index in [4.69, 9.17) is 4.74 Å². The van der Waals surface area contributed by atoms with E-state index in [-0.39, 0.29) is 16.9 Å². The van der Waals surface area contributed by atoms with Gasteiger partial charge in [-0.2, -0.15) is 0 Å². The molecule has 3 N–H and O–H groups in total. The van der Waals surface area contributed by atoms with Crippen LogP contribution >= 0.6 is 0 Å². The van der Waals surface area contributed by atoms with Crippen molar-refractivity contribution in [2.75, 3.05) is 25.5 Å². The maximum atomic E-state index is 12.2. The fourth-order valence-corrected chi connectivity index (χ4v) is 2.88. The Kier molecular flexibility index (Phi) is 4.94. The van der Waals surface area contributed by atoms with Crippen molar-refractivity contribution in [3.05, 3.63) is 24.3 Å². The van der Waals surface area contributed by atoms with Crippen molar-refractivity contribution < 1.29 is 17.9 Å². The zero-order chi connectivity index (χ0) is 15.5. The second-order valence-corrected chi connectivity index (χ2v) is 6.62. The second-order valence-electron chi connectivity index (χ2n) is 4.73. The lowest BCUT2D eigenvalue weighted by Gasteiger charge is -2.29. The van der Waals surface area contributed by atoms with Gasteiger partial charge in [0.1, 0.15) is 6.04 Å². The molecule has 116 valence electrons. The van der Waals surface area contributed by atoms with E-state index in [9.17, 15) is 13.2 Å². The van der Waals surface area contributed by atoms with Gasteiger partial charge in [-0.3, -0.25) is 4.79 Å². The van der Waals surface area contributed by atoms with E-state index < -0.39 is 16.1 Å². The molecule has 7 nitrogen and oxygen atoms in total. The summed E-state index contributed by atoms with van der Waals surface area (Å²) in [5.74, 6) is -0.249. The molecule has 1 fully saturated rings. The van der Waals surface area contributed by atoms with Crippen LogP contribution in [0.2, 0.25) is 0 Å². The van der Waals surface area contributed by atoms with Gasteiger partial charge in [0, 0.05) is 12.2 Å². The molecular formula is C13H19N3O4S. The Hall–Kier alpha value is -1.48. The zero-order valence-corrected chi connectivity index (χ0v) is 12.7. The summed E-state index contributed by atoms with van der Waals surface area (Å²) in [6.07, 6.45) is -0.233. The number of ether oxygens (including phenoxy) is 1. The van der Waals surface area contributed by atoms with Gasteiger partial charge < -0.3 is 15.4 Å². The van der Waals surface area contributed by atoms with Crippen molar-refractivity contribution in [2.24, 2.45) is 0 Å². The first kappa shape index (κ1) is 15.9. The summed E-state index contributed by atoms with van der Waals surface area (Å²) < 4.78 is 31.1. The van der Waals surface area contributed by atoms with E-state index in [1.165, 1.54) is 19.2 Å². The number of sulfonamides is 1. The number of morpholine rings is 1. The summed E-state index contributed by atoms with van der Waals surface area (Å²) >= 11 is 0. The Morgan fingerprint density at radius 2 is 2.19 bits per heavy atom. The summed E-state index contributed by atoms with van der Waals surface area (Å²) in [7, 11) is -2.19. The highest BCUT2D eigenvalue weighted by molar-refractivity contribution is 7.89. The van der Waals surface area contributed by atoms with Crippen LogP contribution in [0.5, 0.6) is 0 Å². The van der Waals surface area contributed by atoms with Crippen molar-refractivity contribution in [3.63, 3.8) is 0 Å². The normalized spacial score (nSPS) is 22.8. The van der Waals surface area contributed by atoms with E-state index in [1.54, 1.807) is 12.1 Å². The van der Waals surface area contributed by atoms with Crippen molar-refractivity contribution in [3.8, 4) is 0 Å². The molecule has 0 spiro atoms. The Bertz CT molecular complexity index is 618. The monoisotopic (exact) mass is 313 g/mol. The number of amides is 1. The van der Waals surface area contributed by atoms with E-state index in [0.717, 1.165) is 0 Å². The van der Waals surface area contributed by atoms with E-state index in [1.807, 2.05) is 6.92 Å². The number of carbonyl (C=O) groups excluding carboxylic acids is 1. The van der Waals surface area contributed by atoms with Gasteiger partial charge >= 0.3 is 0 Å². The maximum absolute atomic E-state index is 12.2. The largest absolute Gasteiger partial charge is 0.375 e. The molecule has 0 saturated carbocycles. The van der Waals surface area contributed by atoms with Gasteiger partial charge in [-0.25, -0.2) is 13.1 Å². The van der Waals surface area contributed by atoms with Crippen LogP contribution < -0.4 is 15.4 Å². The summed E-state index contributed by atoms with van der Waals surface area (Å²) in [6, 6.07) is 5.64. The van der Waals surface area contributed by atoms with Crippen LogP contribution in [0.15, 0.2) is 29.2 Å². The molecule has 0 aliphatic carbocycles. The summed E-state index contributed by atoms with van der Waals surface area (Å²) in [5, 5.41) is 5.78. The van der Waals surface area contributed by atoms with Crippen LogP contribution in [0.1, 0.15) is 6.92 Å². The number of anilines is 1. The first-order valence-corrected chi connectivity index (χ1v) is 8.12. The second kappa shape index (κ2) is 6.52. The molecule has 2 rings (SSSR count). The molecule has 21 heavy (non-hydrogen) atoms. The highest BCUT2D eigenvalue weighted by atomic mass is 32.2. The Balaban J connectivity index is 2.13. The number of hydrogen-bond donors (Lipinski definition) is 3. The van der Waals surface area contributed by atoms with Gasteiger partial charge in [-0.05, 0) is 32.2 Å². The lowest BCUT2D eigenvalue weighted by atomic mass is 10.1. The SMILES string of the molecule is CNS(=O)(=O)c1cccc(NC(=O)[C@H]2NCCO[C@@H]2C)c1. The average molecular weight is 313 g/mol. The molecule has 1 aromatic carbocycles. The maximum Gasteiger partial charge on any atom is 0.244 e. The van der Waals surface area contributed by atoms with Gasteiger partial charge in [0.25, 0.3) is 0 Å². The quantitative estimate of drug-likeness (QED) is 0.722. The molecule has 1 amide bonds. The average Bonchev–Trinajstić information content (AvgIpc) is 2.48. The predicted octanol–water partition coefficient (Wildman–Crippen LogP) is -0.0899. The van der Waals surface area contributed by atoms with Crippen LogP contribution in [0, 0.1) is 0 Å². The Morgan fingerprint density at radius 1 is 1.43 bits per heavy atom. The number of benzene rings is 1. The molecule has 0 aromatic heterocycles. The Labute approximate surface area is 124 Å². The molecule has 1 aromatic rings. The molecular weight excluding hydrogens is 294 g/mol. The topological polar surface area (TPSA) is 96.5 Å². The molecule has 0 bridgehead atoms. The molecule has 1 aliphatic heterocycles. The minimum absolute atomic E-state index is 0.101. The van der Waals surface area contributed by atoms with Gasteiger partial charge in [0.2, 0.25) is 15.9 Å². The fraction of sp³-hybridized carbons (Fsp3) is 0.462. The summed E-state index contributed by atoms with van der Waals surface area (Å²) in [6.45, 7) is 3.00. The highest BCUT2D eigenvalue weighted by Crippen LogP contribution is 2.16. The van der Waals surface area contributed by atoms with Gasteiger partial charge in [-0.1, -0.05) is 6.07 Å². The zero-order valence-electron chi connectivity index (χ0n) is 11.9. The number of nitrogens with one attached hydrogen (secondary N) is 3. The fourth-order valence-electron chi connectivity index (χ4n) is 2.11. The third-order valence-electron chi connectivity index (χ3n) is 3.28. The summed E-state index contributed by atoms with van der Waals surface area (Å²) in [5.41, 5.74) is 0.427. The van der Waals surface area contributed by atoms with Gasteiger partial charge in [0.15, 0.2) is 0 Å². The Morgan fingerprint density at radius 3 is 2.86 bits per heavy atom. The van der Waals surface area contributed by atoms with Crippen molar-refractivity contribution in [2.45, 2.75) is 24.0 Å². The highest BCUT2D eigenvalue weighted by Gasteiger charge is 2.28. The number of hydrogen-bond acceptors (Lipinski definition) is 5. The van der Waals surface area contributed by atoms with Crippen molar-refractivity contribution >= 4 is 21.6 Å². The number of rotatable bonds is 4. The first-order valence-electron chi connectivity index (χ1n) is 6.63. The standard InChI is InChI=1S/C13H19N3O4S/c1-9-12(15-6-7-20-9)13(17)16-10-4-3-5-11(8-10)21(18,19)14-2/h3-5,8-9,12,14-15H,6-7H2,1-2H3,(H,16,17)/t9-,12+/m1/s1. The molecule has 0 unspecified atom stereocenters. The molecule has 2 atom stereocenters. The summed E-state index contributed by atoms with van der Waals surface area (Å²) in [4.78, 5) is 12.3. The van der Waals surface area contributed by atoms with Crippen LogP contribution in [-0.4, -0.2) is 46.7 Å². The third kappa shape index (κ3) is 3.79. The van der Waals surface area contributed by atoms with Crippen LogP contribution in [0.4, 0.5) is 5.69 Å². The van der Waals surface area contributed by atoms with Crippen LogP contribution in [0.3, 0.4) is 0 Å². The lowest BCUT2D eigenvalue weighted by molar-refractivity contribution is -0.123. The first-order chi connectivity index (χ1) is 9.94. The lowest BCUT2D eigenvalue weighted by Crippen LogP contribution is -2.53. The van der Waals surface area contributed by atoms with Crippen molar-refractivity contribution in [1.29, 1.82) is 0 Å². The van der Waals surface area contributed by atoms with E-state index in [2.05, 4.69) is 15.4 Å². The van der Waals surface area contributed by atoms with Gasteiger partial charge in [-0.15, -0.1) is 0 Å². The molecule has 1 aliphatic rings.